The third-order valence-corrected chi connectivity index (χ3v) is 2.99. The highest BCUT2D eigenvalue weighted by molar-refractivity contribution is 8.14. The van der Waals surface area contributed by atoms with E-state index in [-0.39, 0.29) is 0 Å². The molecule has 1 aromatic rings. The normalized spacial score (nSPS) is 18.4. The number of hydrogen-bond donors (Lipinski definition) is 1. The Balaban J connectivity index is 2.17. The number of benzene rings is 1. The van der Waals surface area contributed by atoms with Crippen LogP contribution in [0.1, 0.15) is 11.7 Å². The Morgan fingerprint density at radius 2 is 2.08 bits per heavy atom. The van der Waals surface area contributed by atoms with E-state index in [1.165, 1.54) is 0 Å². The summed E-state index contributed by atoms with van der Waals surface area (Å²) in [5.74, 6) is 0.999. The molecule has 2 rings (SSSR count). The quantitative estimate of drug-likeness (QED) is 0.777. The molecule has 3 heteroatoms. The average molecular weight is 193 g/mol. The van der Waals surface area contributed by atoms with Crippen LogP contribution in [0.4, 0.5) is 0 Å². The predicted octanol–water partition coefficient (Wildman–Crippen LogP) is 1.87. The Bertz CT molecular complexity index is 310. The highest BCUT2D eigenvalue weighted by Crippen LogP contribution is 2.24. The molecule has 1 atom stereocenters. The Hall–Kier alpha value is -0.800. The molecule has 13 heavy (non-hydrogen) atoms. The van der Waals surface area contributed by atoms with E-state index in [0.29, 0.717) is 0 Å². The van der Waals surface area contributed by atoms with Crippen LogP contribution in [0.25, 0.3) is 0 Å². The van der Waals surface area contributed by atoms with E-state index >= 15 is 0 Å². The van der Waals surface area contributed by atoms with Crippen molar-refractivity contribution in [3.05, 3.63) is 35.9 Å². The highest BCUT2D eigenvalue weighted by atomic mass is 32.2. The van der Waals surface area contributed by atoms with E-state index in [4.69, 9.17) is 0 Å². The van der Waals surface area contributed by atoms with Gasteiger partial charge in [-0.2, -0.15) is 0 Å². The Labute approximate surface area is 81.7 Å². The van der Waals surface area contributed by atoms with Crippen molar-refractivity contribution in [2.24, 2.45) is 4.99 Å². The van der Waals surface area contributed by atoms with Gasteiger partial charge in [0.2, 0.25) is 0 Å². The second-order valence-electron chi connectivity index (χ2n) is 2.88. The van der Waals surface area contributed by atoms with Gasteiger partial charge in [0, 0.05) is 12.3 Å². The molecule has 1 unspecified atom stereocenters. The molecule has 1 aliphatic heterocycles. The number of aliphatic hydroxyl groups is 1. The van der Waals surface area contributed by atoms with Crippen molar-refractivity contribution in [1.29, 1.82) is 0 Å². The number of aliphatic hydroxyl groups excluding tert-OH is 1. The Morgan fingerprint density at radius 3 is 2.69 bits per heavy atom. The molecule has 0 saturated carbocycles. The van der Waals surface area contributed by atoms with E-state index in [1.54, 1.807) is 11.8 Å². The van der Waals surface area contributed by atoms with Gasteiger partial charge in [-0.25, -0.2) is 0 Å². The molecule has 1 aromatic carbocycles. The fourth-order valence-corrected chi connectivity index (χ4v) is 2.16. The van der Waals surface area contributed by atoms with Gasteiger partial charge in [-0.3, -0.25) is 4.99 Å². The number of rotatable bonds is 2. The smallest absolute Gasteiger partial charge is 0.127 e. The molecule has 0 radical (unpaired) electrons. The van der Waals surface area contributed by atoms with Crippen LogP contribution < -0.4 is 0 Å². The van der Waals surface area contributed by atoms with Crippen LogP contribution in [-0.2, 0) is 0 Å². The fourth-order valence-electron chi connectivity index (χ4n) is 1.30. The van der Waals surface area contributed by atoms with Gasteiger partial charge >= 0.3 is 0 Å². The van der Waals surface area contributed by atoms with Gasteiger partial charge < -0.3 is 5.11 Å². The van der Waals surface area contributed by atoms with Crippen LogP contribution in [-0.4, -0.2) is 22.4 Å². The predicted molar refractivity (Wildman–Crippen MR) is 56.2 cm³/mol. The maximum atomic E-state index is 9.87. The molecule has 1 aliphatic rings. The molecule has 0 amide bonds. The molecule has 0 spiro atoms. The summed E-state index contributed by atoms with van der Waals surface area (Å²) >= 11 is 1.65. The van der Waals surface area contributed by atoms with Crippen molar-refractivity contribution < 1.29 is 5.11 Å². The van der Waals surface area contributed by atoms with Crippen molar-refractivity contribution in [1.82, 2.24) is 0 Å². The zero-order valence-corrected chi connectivity index (χ0v) is 8.00. The maximum Gasteiger partial charge on any atom is 0.127 e. The second-order valence-corrected chi connectivity index (χ2v) is 4.00. The highest BCUT2D eigenvalue weighted by Gasteiger charge is 2.17. The van der Waals surface area contributed by atoms with E-state index in [2.05, 4.69) is 4.99 Å². The minimum absolute atomic E-state index is 0.520. The lowest BCUT2D eigenvalue weighted by Gasteiger charge is -2.09. The second kappa shape index (κ2) is 3.94. The van der Waals surface area contributed by atoms with Crippen LogP contribution in [0.15, 0.2) is 35.3 Å². The van der Waals surface area contributed by atoms with Crippen LogP contribution >= 0.6 is 11.8 Å². The molecule has 0 aliphatic carbocycles. The third-order valence-electron chi connectivity index (χ3n) is 1.96. The lowest BCUT2D eigenvalue weighted by atomic mass is 10.1. The van der Waals surface area contributed by atoms with E-state index < -0.39 is 6.10 Å². The molecule has 1 N–H and O–H groups in total. The average Bonchev–Trinajstić information content (AvgIpc) is 2.71. The van der Waals surface area contributed by atoms with Crippen LogP contribution in [0.2, 0.25) is 0 Å². The van der Waals surface area contributed by atoms with Crippen molar-refractivity contribution in [2.45, 2.75) is 6.10 Å². The topological polar surface area (TPSA) is 32.6 Å². The molecule has 2 nitrogen and oxygen atoms in total. The van der Waals surface area contributed by atoms with Crippen molar-refractivity contribution in [2.75, 3.05) is 12.3 Å². The van der Waals surface area contributed by atoms with Crippen LogP contribution in [0, 0.1) is 0 Å². The number of thioether (sulfide) groups is 1. The van der Waals surface area contributed by atoms with Gasteiger partial charge in [0.25, 0.3) is 0 Å². The molecule has 0 bridgehead atoms. The molecular formula is C10H11NOS. The standard InChI is InChI=1S/C10H11NOS/c12-9(10-11-6-7-13-10)8-4-2-1-3-5-8/h1-5,9,12H,6-7H2. The fraction of sp³-hybridized carbons (Fsp3) is 0.300. The monoisotopic (exact) mass is 193 g/mol. The molecule has 1 heterocycles. The third kappa shape index (κ3) is 1.92. The summed E-state index contributed by atoms with van der Waals surface area (Å²) in [5.41, 5.74) is 0.927. The van der Waals surface area contributed by atoms with Gasteiger partial charge in [-0.05, 0) is 5.56 Å². The summed E-state index contributed by atoms with van der Waals surface area (Å²) in [4.78, 5) is 4.24. The zero-order valence-electron chi connectivity index (χ0n) is 7.18. The SMILES string of the molecule is OC(C1=NCCS1)c1ccccc1. The van der Waals surface area contributed by atoms with Gasteiger partial charge in [0.05, 0.1) is 0 Å². The maximum absolute atomic E-state index is 9.87. The minimum atomic E-state index is -0.520. The largest absolute Gasteiger partial charge is 0.381 e. The number of nitrogens with zero attached hydrogens (tertiary/aromatic N) is 1. The van der Waals surface area contributed by atoms with Gasteiger partial charge in [-0.15, -0.1) is 11.8 Å². The number of hydrogen-bond acceptors (Lipinski definition) is 3. The van der Waals surface area contributed by atoms with Crippen molar-refractivity contribution in [3.63, 3.8) is 0 Å². The lowest BCUT2D eigenvalue weighted by molar-refractivity contribution is 0.251. The first-order valence-electron chi connectivity index (χ1n) is 4.28. The molecule has 0 saturated heterocycles. The summed E-state index contributed by atoms with van der Waals surface area (Å²) in [6.45, 7) is 0.837. The van der Waals surface area contributed by atoms with Crippen LogP contribution in [0.5, 0.6) is 0 Å². The first-order valence-corrected chi connectivity index (χ1v) is 5.26. The molecule has 0 aromatic heterocycles. The summed E-state index contributed by atoms with van der Waals surface area (Å²) in [7, 11) is 0. The Morgan fingerprint density at radius 1 is 1.31 bits per heavy atom. The summed E-state index contributed by atoms with van der Waals surface area (Å²) in [6.07, 6.45) is -0.520. The van der Waals surface area contributed by atoms with Gasteiger partial charge in [-0.1, -0.05) is 30.3 Å². The molecule has 68 valence electrons. The lowest BCUT2D eigenvalue weighted by Crippen LogP contribution is -2.05. The zero-order chi connectivity index (χ0) is 9.10. The minimum Gasteiger partial charge on any atom is -0.381 e. The summed E-state index contributed by atoms with van der Waals surface area (Å²) in [5, 5.41) is 10.7. The van der Waals surface area contributed by atoms with Crippen LogP contribution in [0.3, 0.4) is 0 Å². The summed E-state index contributed by atoms with van der Waals surface area (Å²) in [6, 6.07) is 9.65. The molecule has 0 fully saturated rings. The van der Waals surface area contributed by atoms with E-state index in [0.717, 1.165) is 22.9 Å². The van der Waals surface area contributed by atoms with Gasteiger partial charge in [0.15, 0.2) is 0 Å². The van der Waals surface area contributed by atoms with E-state index in [1.807, 2.05) is 30.3 Å². The molecular weight excluding hydrogens is 182 g/mol. The van der Waals surface area contributed by atoms with E-state index in [9.17, 15) is 5.11 Å². The first kappa shape index (κ1) is 8.78. The number of aliphatic imine (C=N–C) groups is 1. The van der Waals surface area contributed by atoms with Gasteiger partial charge in [0.1, 0.15) is 11.1 Å². The summed E-state index contributed by atoms with van der Waals surface area (Å²) < 4.78 is 0. The first-order chi connectivity index (χ1) is 6.38. The van der Waals surface area contributed by atoms with Crippen molar-refractivity contribution >= 4 is 16.8 Å². The Kier molecular flexibility index (Phi) is 2.66. The van der Waals surface area contributed by atoms with Crippen molar-refractivity contribution in [3.8, 4) is 0 Å².